The highest BCUT2D eigenvalue weighted by molar-refractivity contribution is 5.27. The molecule has 1 aromatic rings. The van der Waals surface area contributed by atoms with Gasteiger partial charge in [-0.15, -0.1) is 0 Å². The highest BCUT2D eigenvalue weighted by Gasteiger charge is 2.30. The molecule has 0 saturated heterocycles. The number of hydrogen-bond donors (Lipinski definition) is 1. The Morgan fingerprint density at radius 2 is 2.11 bits per heavy atom. The van der Waals surface area contributed by atoms with Gasteiger partial charge in [0.05, 0.1) is 0 Å². The second-order valence-corrected chi connectivity index (χ2v) is 5.99. The topological polar surface area (TPSA) is 12.0 Å². The maximum atomic E-state index is 3.77. The SMILES string of the molecule is CCCCC(C)NC1CC(c2cccc(C)c2)C1. The van der Waals surface area contributed by atoms with Gasteiger partial charge in [0.2, 0.25) is 0 Å². The number of aryl methyl sites for hydroxylation is 1. The zero-order valence-corrected chi connectivity index (χ0v) is 12.1. The van der Waals surface area contributed by atoms with Gasteiger partial charge in [-0.25, -0.2) is 0 Å². The van der Waals surface area contributed by atoms with Gasteiger partial charge in [-0.05, 0) is 44.6 Å². The summed E-state index contributed by atoms with van der Waals surface area (Å²) in [6.07, 6.45) is 6.62. The minimum absolute atomic E-state index is 0.688. The van der Waals surface area contributed by atoms with Gasteiger partial charge in [0.25, 0.3) is 0 Å². The van der Waals surface area contributed by atoms with Gasteiger partial charge in [0.15, 0.2) is 0 Å². The Morgan fingerprint density at radius 1 is 1.33 bits per heavy atom. The van der Waals surface area contributed by atoms with E-state index >= 15 is 0 Å². The van der Waals surface area contributed by atoms with Gasteiger partial charge >= 0.3 is 0 Å². The lowest BCUT2D eigenvalue weighted by atomic mass is 9.75. The Labute approximate surface area is 112 Å². The lowest BCUT2D eigenvalue weighted by Gasteiger charge is -2.38. The molecular weight excluding hydrogens is 218 g/mol. The van der Waals surface area contributed by atoms with Crippen LogP contribution in [0.25, 0.3) is 0 Å². The minimum Gasteiger partial charge on any atom is -0.311 e. The lowest BCUT2D eigenvalue weighted by Crippen LogP contribution is -2.44. The normalized spacial score (nSPS) is 24.6. The maximum absolute atomic E-state index is 3.77. The van der Waals surface area contributed by atoms with Crippen molar-refractivity contribution in [1.82, 2.24) is 5.32 Å². The van der Waals surface area contributed by atoms with E-state index in [1.54, 1.807) is 0 Å². The average molecular weight is 245 g/mol. The summed E-state index contributed by atoms with van der Waals surface area (Å²) in [5.41, 5.74) is 2.93. The highest BCUT2D eigenvalue weighted by Crippen LogP contribution is 2.37. The molecule has 1 aliphatic rings. The van der Waals surface area contributed by atoms with Gasteiger partial charge < -0.3 is 5.32 Å². The van der Waals surface area contributed by atoms with Crippen LogP contribution in [0.5, 0.6) is 0 Å². The van der Waals surface area contributed by atoms with Gasteiger partial charge in [-0.3, -0.25) is 0 Å². The zero-order chi connectivity index (χ0) is 13.0. The molecule has 0 aliphatic heterocycles. The van der Waals surface area contributed by atoms with E-state index in [2.05, 4.69) is 50.4 Å². The smallest absolute Gasteiger partial charge is 0.00812 e. The number of nitrogens with one attached hydrogen (secondary N) is 1. The van der Waals surface area contributed by atoms with E-state index in [-0.39, 0.29) is 0 Å². The molecule has 1 aliphatic carbocycles. The molecule has 1 unspecified atom stereocenters. The zero-order valence-electron chi connectivity index (χ0n) is 12.1. The lowest BCUT2D eigenvalue weighted by molar-refractivity contribution is 0.263. The summed E-state index contributed by atoms with van der Waals surface area (Å²) in [6.45, 7) is 6.78. The third-order valence-electron chi connectivity index (χ3n) is 4.16. The van der Waals surface area contributed by atoms with Crippen LogP contribution in [-0.2, 0) is 0 Å². The first kappa shape index (κ1) is 13.6. The summed E-state index contributed by atoms with van der Waals surface area (Å²) in [4.78, 5) is 0. The standard InChI is InChI=1S/C17H27N/c1-4-5-8-14(3)18-17-11-16(12-17)15-9-6-7-13(2)10-15/h6-7,9-10,14,16-18H,4-5,8,11-12H2,1-3H3. The van der Waals surface area contributed by atoms with Crippen LogP contribution in [0.15, 0.2) is 24.3 Å². The van der Waals surface area contributed by atoms with Crippen molar-refractivity contribution < 1.29 is 0 Å². The van der Waals surface area contributed by atoms with Crippen LogP contribution in [0, 0.1) is 6.92 Å². The van der Waals surface area contributed by atoms with E-state index < -0.39 is 0 Å². The Balaban J connectivity index is 1.73. The van der Waals surface area contributed by atoms with Crippen LogP contribution < -0.4 is 5.32 Å². The first-order chi connectivity index (χ1) is 8.69. The fourth-order valence-corrected chi connectivity index (χ4v) is 2.95. The molecule has 100 valence electrons. The van der Waals surface area contributed by atoms with Crippen molar-refractivity contribution in [1.29, 1.82) is 0 Å². The summed E-state index contributed by atoms with van der Waals surface area (Å²) in [5, 5.41) is 3.77. The van der Waals surface area contributed by atoms with E-state index in [0.717, 1.165) is 12.0 Å². The van der Waals surface area contributed by atoms with E-state index in [4.69, 9.17) is 0 Å². The van der Waals surface area contributed by atoms with Crippen LogP contribution >= 0.6 is 0 Å². The molecule has 1 nitrogen and oxygen atoms in total. The summed E-state index contributed by atoms with van der Waals surface area (Å²) in [7, 11) is 0. The van der Waals surface area contributed by atoms with Gasteiger partial charge in [0.1, 0.15) is 0 Å². The number of hydrogen-bond acceptors (Lipinski definition) is 1. The van der Waals surface area contributed by atoms with Gasteiger partial charge in [-0.1, -0.05) is 49.6 Å². The quantitative estimate of drug-likeness (QED) is 0.783. The van der Waals surface area contributed by atoms with Crippen molar-refractivity contribution in [3.63, 3.8) is 0 Å². The third-order valence-corrected chi connectivity index (χ3v) is 4.16. The second-order valence-electron chi connectivity index (χ2n) is 5.99. The van der Waals surface area contributed by atoms with E-state index in [9.17, 15) is 0 Å². The first-order valence-corrected chi connectivity index (χ1v) is 7.51. The molecule has 0 heterocycles. The van der Waals surface area contributed by atoms with Crippen LogP contribution in [-0.4, -0.2) is 12.1 Å². The Kier molecular flexibility index (Phi) is 4.82. The number of rotatable bonds is 6. The third kappa shape index (κ3) is 3.58. The monoisotopic (exact) mass is 245 g/mol. The van der Waals surface area contributed by atoms with Gasteiger partial charge in [-0.2, -0.15) is 0 Å². The van der Waals surface area contributed by atoms with Gasteiger partial charge in [0, 0.05) is 12.1 Å². The van der Waals surface area contributed by atoms with Crippen molar-refractivity contribution >= 4 is 0 Å². The fourth-order valence-electron chi connectivity index (χ4n) is 2.95. The van der Waals surface area contributed by atoms with Crippen molar-refractivity contribution in [2.75, 3.05) is 0 Å². The summed E-state index contributed by atoms with van der Waals surface area (Å²) in [6, 6.07) is 10.5. The predicted octanol–water partition coefficient (Wildman–Crippen LogP) is 4.41. The van der Waals surface area contributed by atoms with Crippen LogP contribution in [0.3, 0.4) is 0 Å². The molecular formula is C17H27N. The van der Waals surface area contributed by atoms with Crippen molar-refractivity contribution in [3.05, 3.63) is 35.4 Å². The molecule has 1 N–H and O–H groups in total. The minimum atomic E-state index is 0.688. The Hall–Kier alpha value is -0.820. The predicted molar refractivity (Wildman–Crippen MR) is 79.1 cm³/mol. The van der Waals surface area contributed by atoms with Crippen LogP contribution in [0.4, 0.5) is 0 Å². The second kappa shape index (κ2) is 6.38. The van der Waals surface area contributed by atoms with Crippen LogP contribution in [0.1, 0.15) is 63.0 Å². The molecule has 0 spiro atoms. The highest BCUT2D eigenvalue weighted by atomic mass is 15.0. The largest absolute Gasteiger partial charge is 0.311 e. The van der Waals surface area contributed by atoms with Crippen molar-refractivity contribution in [2.24, 2.45) is 0 Å². The number of unbranched alkanes of at least 4 members (excludes halogenated alkanes) is 1. The average Bonchev–Trinajstić information content (AvgIpc) is 2.30. The van der Waals surface area contributed by atoms with Crippen LogP contribution in [0.2, 0.25) is 0 Å². The summed E-state index contributed by atoms with van der Waals surface area (Å²) >= 11 is 0. The molecule has 0 aromatic heterocycles. The molecule has 1 aromatic carbocycles. The molecule has 0 bridgehead atoms. The fraction of sp³-hybridized carbons (Fsp3) is 0.647. The molecule has 1 saturated carbocycles. The van der Waals surface area contributed by atoms with E-state index in [1.165, 1.54) is 43.2 Å². The molecule has 1 heteroatoms. The van der Waals surface area contributed by atoms with E-state index in [0.29, 0.717) is 6.04 Å². The molecule has 1 fully saturated rings. The molecule has 0 amide bonds. The van der Waals surface area contributed by atoms with Crippen molar-refractivity contribution in [3.8, 4) is 0 Å². The summed E-state index contributed by atoms with van der Waals surface area (Å²) < 4.78 is 0. The molecule has 0 radical (unpaired) electrons. The molecule has 18 heavy (non-hydrogen) atoms. The molecule has 2 rings (SSSR count). The first-order valence-electron chi connectivity index (χ1n) is 7.51. The molecule has 1 atom stereocenters. The number of benzene rings is 1. The maximum Gasteiger partial charge on any atom is 0.00812 e. The summed E-state index contributed by atoms with van der Waals surface area (Å²) in [5.74, 6) is 0.792. The Bertz CT molecular complexity index is 366. The van der Waals surface area contributed by atoms with Crippen molar-refractivity contribution in [2.45, 2.75) is 70.9 Å². The van der Waals surface area contributed by atoms with E-state index in [1.807, 2.05) is 0 Å². The Morgan fingerprint density at radius 3 is 2.78 bits per heavy atom.